The summed E-state index contributed by atoms with van der Waals surface area (Å²) in [5, 5.41) is 0.351. The lowest BCUT2D eigenvalue weighted by Crippen LogP contribution is -2.40. The molecule has 1 aromatic carbocycles. The Morgan fingerprint density at radius 2 is 2.37 bits per heavy atom. The lowest BCUT2D eigenvalue weighted by molar-refractivity contribution is -0.122. The molecule has 1 amide bonds. The number of amides is 1. The molecule has 0 aromatic heterocycles. The molecule has 19 heavy (non-hydrogen) atoms. The van der Waals surface area contributed by atoms with E-state index in [0.29, 0.717) is 23.6 Å². The number of nitrogens with two attached hydrogens (primary N) is 1. The van der Waals surface area contributed by atoms with Crippen molar-refractivity contribution >= 4 is 17.5 Å². The fourth-order valence-electron chi connectivity index (χ4n) is 2.39. The van der Waals surface area contributed by atoms with E-state index in [-0.39, 0.29) is 18.5 Å². The van der Waals surface area contributed by atoms with Crippen LogP contribution in [0.1, 0.15) is 12.0 Å². The molecule has 0 radical (unpaired) electrons. The van der Waals surface area contributed by atoms with Gasteiger partial charge in [0, 0.05) is 30.8 Å². The first-order valence-corrected chi connectivity index (χ1v) is 6.39. The molecule has 2 atom stereocenters. The quantitative estimate of drug-likeness (QED) is 0.914. The van der Waals surface area contributed by atoms with Crippen LogP contribution >= 0.6 is 11.6 Å². The summed E-state index contributed by atoms with van der Waals surface area (Å²) >= 11 is 5.99. The van der Waals surface area contributed by atoms with Crippen LogP contribution in [0, 0.1) is 5.82 Å². The molecule has 6 heteroatoms. The molecular weight excluding hydrogens is 271 g/mol. The zero-order chi connectivity index (χ0) is 14.0. The number of carbonyl (C=O) groups excluding carboxylic acids is 1. The highest BCUT2D eigenvalue weighted by Crippen LogP contribution is 2.26. The van der Waals surface area contributed by atoms with Crippen LogP contribution < -0.4 is 5.73 Å². The monoisotopic (exact) mass is 286 g/mol. The second-order valence-corrected chi connectivity index (χ2v) is 5.05. The van der Waals surface area contributed by atoms with Crippen molar-refractivity contribution in [2.45, 2.75) is 25.1 Å². The van der Waals surface area contributed by atoms with Gasteiger partial charge in [0.05, 0.1) is 12.1 Å². The largest absolute Gasteiger partial charge is 0.380 e. The standard InChI is InChI=1S/C13H16ClFN2O2/c1-19-8-5-12(13(16)18)17(6-8)7-9-10(14)3-2-4-11(9)15/h2-4,8,12H,5-7H2,1H3,(H2,16,18)/t8-,12-/m0/s1. The summed E-state index contributed by atoms with van der Waals surface area (Å²) in [4.78, 5) is 13.2. The van der Waals surface area contributed by atoms with E-state index in [1.165, 1.54) is 6.07 Å². The molecule has 104 valence electrons. The minimum atomic E-state index is -0.444. The summed E-state index contributed by atoms with van der Waals surface area (Å²) in [5.74, 6) is -0.802. The van der Waals surface area contributed by atoms with Crippen LogP contribution in [0.15, 0.2) is 18.2 Å². The van der Waals surface area contributed by atoms with Crippen LogP contribution in [-0.4, -0.2) is 36.6 Å². The van der Waals surface area contributed by atoms with Gasteiger partial charge >= 0.3 is 0 Å². The van der Waals surface area contributed by atoms with Gasteiger partial charge in [0.25, 0.3) is 0 Å². The number of carbonyl (C=O) groups is 1. The number of hydrogen-bond acceptors (Lipinski definition) is 3. The third-order valence-corrected chi connectivity index (χ3v) is 3.80. The van der Waals surface area contributed by atoms with Crippen molar-refractivity contribution in [3.05, 3.63) is 34.6 Å². The number of benzene rings is 1. The Kier molecular flexibility index (Phi) is 4.39. The van der Waals surface area contributed by atoms with Gasteiger partial charge in [0.2, 0.25) is 5.91 Å². The Balaban J connectivity index is 2.19. The van der Waals surface area contributed by atoms with Gasteiger partial charge in [-0.15, -0.1) is 0 Å². The highest BCUT2D eigenvalue weighted by molar-refractivity contribution is 6.31. The second kappa shape index (κ2) is 5.86. The van der Waals surface area contributed by atoms with Crippen molar-refractivity contribution in [3.8, 4) is 0 Å². The van der Waals surface area contributed by atoms with Crippen LogP contribution in [0.25, 0.3) is 0 Å². The van der Waals surface area contributed by atoms with Gasteiger partial charge in [0.1, 0.15) is 5.82 Å². The maximum Gasteiger partial charge on any atom is 0.234 e. The van der Waals surface area contributed by atoms with E-state index in [2.05, 4.69) is 0 Å². The predicted octanol–water partition coefficient (Wildman–Crippen LogP) is 1.55. The normalized spacial score (nSPS) is 23.7. The Hall–Kier alpha value is -1.17. The molecule has 0 bridgehead atoms. The van der Waals surface area contributed by atoms with Gasteiger partial charge in [-0.1, -0.05) is 17.7 Å². The van der Waals surface area contributed by atoms with E-state index in [1.807, 2.05) is 0 Å². The number of rotatable bonds is 4. The van der Waals surface area contributed by atoms with Crippen molar-refractivity contribution in [1.82, 2.24) is 4.90 Å². The molecule has 1 aliphatic heterocycles. The van der Waals surface area contributed by atoms with Crippen molar-refractivity contribution in [2.75, 3.05) is 13.7 Å². The number of nitrogens with zero attached hydrogens (tertiary/aromatic N) is 1. The highest BCUT2D eigenvalue weighted by atomic mass is 35.5. The topological polar surface area (TPSA) is 55.6 Å². The SMILES string of the molecule is CO[C@H]1C[C@@H](C(N)=O)N(Cc2c(F)cccc2Cl)C1. The molecule has 1 aromatic rings. The first kappa shape index (κ1) is 14.2. The summed E-state index contributed by atoms with van der Waals surface area (Å²) in [6.45, 7) is 0.785. The lowest BCUT2D eigenvalue weighted by Gasteiger charge is -2.22. The third kappa shape index (κ3) is 3.05. The maximum absolute atomic E-state index is 13.8. The van der Waals surface area contributed by atoms with Crippen LogP contribution in [0.3, 0.4) is 0 Å². The van der Waals surface area contributed by atoms with E-state index in [9.17, 15) is 9.18 Å². The molecule has 1 heterocycles. The molecule has 1 aliphatic rings. The van der Waals surface area contributed by atoms with Crippen LogP contribution in [-0.2, 0) is 16.1 Å². The summed E-state index contributed by atoms with van der Waals surface area (Å²) in [7, 11) is 1.59. The second-order valence-electron chi connectivity index (χ2n) is 4.64. The Morgan fingerprint density at radius 3 is 2.95 bits per heavy atom. The van der Waals surface area contributed by atoms with E-state index in [1.54, 1.807) is 24.1 Å². The number of ether oxygens (including phenoxy) is 1. The highest BCUT2D eigenvalue weighted by Gasteiger charge is 2.36. The van der Waals surface area contributed by atoms with Crippen molar-refractivity contribution in [3.63, 3.8) is 0 Å². The van der Waals surface area contributed by atoms with Gasteiger partial charge in [-0.05, 0) is 18.6 Å². The van der Waals surface area contributed by atoms with Gasteiger partial charge in [0.15, 0.2) is 0 Å². The minimum Gasteiger partial charge on any atom is -0.380 e. The maximum atomic E-state index is 13.8. The average molecular weight is 287 g/mol. The number of likely N-dealkylation sites (tertiary alicyclic amines) is 1. The fourth-order valence-corrected chi connectivity index (χ4v) is 2.61. The molecule has 1 saturated heterocycles. The zero-order valence-electron chi connectivity index (χ0n) is 10.6. The minimum absolute atomic E-state index is 0.0666. The van der Waals surface area contributed by atoms with E-state index in [0.717, 1.165) is 0 Å². The summed E-state index contributed by atoms with van der Waals surface area (Å²) in [6, 6.07) is 4.09. The molecule has 0 saturated carbocycles. The Labute approximate surface area is 116 Å². The van der Waals surface area contributed by atoms with E-state index >= 15 is 0 Å². The summed E-state index contributed by atoms with van der Waals surface area (Å²) in [6.07, 6.45) is 0.459. The molecule has 0 spiro atoms. The third-order valence-electron chi connectivity index (χ3n) is 3.45. The number of halogens is 2. The smallest absolute Gasteiger partial charge is 0.234 e. The molecule has 1 fully saturated rings. The first-order valence-electron chi connectivity index (χ1n) is 6.02. The zero-order valence-corrected chi connectivity index (χ0v) is 11.4. The van der Waals surface area contributed by atoms with Gasteiger partial charge in [-0.25, -0.2) is 4.39 Å². The molecule has 4 nitrogen and oxygen atoms in total. The van der Waals surface area contributed by atoms with Crippen LogP contribution in [0.2, 0.25) is 5.02 Å². The van der Waals surface area contributed by atoms with Crippen molar-refractivity contribution in [2.24, 2.45) is 5.73 Å². The van der Waals surface area contributed by atoms with E-state index < -0.39 is 11.9 Å². The molecule has 2 N–H and O–H groups in total. The van der Waals surface area contributed by atoms with Crippen LogP contribution in [0.5, 0.6) is 0 Å². The average Bonchev–Trinajstić information content (AvgIpc) is 2.77. The van der Waals surface area contributed by atoms with Gasteiger partial charge in [-0.2, -0.15) is 0 Å². The van der Waals surface area contributed by atoms with Crippen molar-refractivity contribution < 1.29 is 13.9 Å². The molecular formula is C13H16ClFN2O2. The summed E-state index contributed by atoms with van der Waals surface area (Å²) < 4.78 is 19.0. The van der Waals surface area contributed by atoms with E-state index in [4.69, 9.17) is 22.1 Å². The fraction of sp³-hybridized carbons (Fsp3) is 0.462. The molecule has 2 rings (SSSR count). The summed E-state index contributed by atoms with van der Waals surface area (Å²) in [5.41, 5.74) is 5.75. The van der Waals surface area contributed by atoms with Gasteiger partial charge in [-0.3, -0.25) is 9.69 Å². The number of hydrogen-bond donors (Lipinski definition) is 1. The first-order chi connectivity index (χ1) is 9.02. The van der Waals surface area contributed by atoms with Gasteiger partial charge < -0.3 is 10.5 Å². The predicted molar refractivity (Wildman–Crippen MR) is 70.2 cm³/mol. The van der Waals surface area contributed by atoms with Crippen molar-refractivity contribution in [1.29, 1.82) is 0 Å². The molecule has 0 aliphatic carbocycles. The van der Waals surface area contributed by atoms with Crippen LogP contribution in [0.4, 0.5) is 4.39 Å². The number of methoxy groups -OCH3 is 1. The number of primary amides is 1. The Bertz CT molecular complexity index is 463. The Morgan fingerprint density at radius 1 is 1.63 bits per heavy atom. The lowest BCUT2D eigenvalue weighted by atomic mass is 10.1. The molecule has 0 unspecified atom stereocenters.